The molecule has 4 nitrogen and oxygen atoms in total. The van der Waals surface area contributed by atoms with Crippen molar-refractivity contribution in [3.63, 3.8) is 0 Å². The number of nitrogens with zero attached hydrogens (tertiary/aromatic N) is 1. The Kier molecular flexibility index (Phi) is 8.62. The molecule has 1 aliphatic carbocycles. The van der Waals surface area contributed by atoms with Crippen LogP contribution in [0.5, 0.6) is 0 Å². The van der Waals surface area contributed by atoms with Crippen LogP contribution in [0.1, 0.15) is 46.0 Å². The molecule has 0 heterocycles. The predicted molar refractivity (Wildman–Crippen MR) is 79.5 cm³/mol. The standard InChI is InChI=1S/C15H32N2O2/c1-13(2)17(3)10-6-9-16-11-14(18)12-19-15-7-4-5-8-15/h13-16,18H,4-12H2,1-3H3. The molecule has 0 aromatic heterocycles. The summed E-state index contributed by atoms with van der Waals surface area (Å²) in [7, 11) is 2.15. The van der Waals surface area contributed by atoms with Gasteiger partial charge in [-0.05, 0) is 53.2 Å². The third kappa shape index (κ3) is 7.88. The van der Waals surface area contributed by atoms with E-state index >= 15 is 0 Å². The lowest BCUT2D eigenvalue weighted by Gasteiger charge is -2.21. The highest BCUT2D eigenvalue weighted by Gasteiger charge is 2.16. The summed E-state index contributed by atoms with van der Waals surface area (Å²) in [5, 5.41) is 13.1. The Hall–Kier alpha value is -0.160. The maximum atomic E-state index is 9.81. The Morgan fingerprint density at radius 1 is 1.32 bits per heavy atom. The average molecular weight is 272 g/mol. The molecule has 19 heavy (non-hydrogen) atoms. The van der Waals surface area contributed by atoms with E-state index in [9.17, 15) is 5.11 Å². The van der Waals surface area contributed by atoms with Gasteiger partial charge >= 0.3 is 0 Å². The summed E-state index contributed by atoms with van der Waals surface area (Å²) in [5.74, 6) is 0. The molecule has 0 bridgehead atoms. The normalized spacial score (nSPS) is 18.6. The van der Waals surface area contributed by atoms with Crippen LogP contribution in [0.4, 0.5) is 0 Å². The first-order valence-corrected chi connectivity index (χ1v) is 7.80. The molecule has 1 fully saturated rings. The van der Waals surface area contributed by atoms with E-state index in [2.05, 4.69) is 31.1 Å². The maximum absolute atomic E-state index is 9.81. The van der Waals surface area contributed by atoms with Gasteiger partial charge in [0.2, 0.25) is 0 Å². The highest BCUT2D eigenvalue weighted by atomic mass is 16.5. The van der Waals surface area contributed by atoms with Crippen LogP contribution in [0.15, 0.2) is 0 Å². The third-order valence-corrected chi connectivity index (χ3v) is 3.95. The lowest BCUT2D eigenvalue weighted by Crippen LogP contribution is -2.34. The van der Waals surface area contributed by atoms with Gasteiger partial charge in [-0.1, -0.05) is 12.8 Å². The van der Waals surface area contributed by atoms with E-state index in [1.54, 1.807) is 0 Å². The number of hydrogen-bond donors (Lipinski definition) is 2. The SMILES string of the molecule is CC(C)N(C)CCCNCC(O)COC1CCCC1. The van der Waals surface area contributed by atoms with Gasteiger partial charge in [0.1, 0.15) is 0 Å². The van der Waals surface area contributed by atoms with Crippen molar-refractivity contribution < 1.29 is 9.84 Å². The van der Waals surface area contributed by atoms with E-state index in [1.165, 1.54) is 25.7 Å². The van der Waals surface area contributed by atoms with Gasteiger partial charge in [0, 0.05) is 12.6 Å². The van der Waals surface area contributed by atoms with Crippen LogP contribution in [0.25, 0.3) is 0 Å². The Labute approximate surface area is 118 Å². The first-order valence-electron chi connectivity index (χ1n) is 7.80. The second-order valence-corrected chi connectivity index (χ2v) is 6.03. The lowest BCUT2D eigenvalue weighted by molar-refractivity contribution is -0.00538. The van der Waals surface area contributed by atoms with Crippen molar-refractivity contribution in [1.82, 2.24) is 10.2 Å². The zero-order valence-electron chi connectivity index (χ0n) is 12.9. The molecular weight excluding hydrogens is 240 g/mol. The van der Waals surface area contributed by atoms with Gasteiger partial charge in [-0.2, -0.15) is 0 Å². The number of ether oxygens (including phenoxy) is 1. The fraction of sp³-hybridized carbons (Fsp3) is 1.00. The minimum Gasteiger partial charge on any atom is -0.389 e. The minimum atomic E-state index is -0.372. The van der Waals surface area contributed by atoms with Crippen LogP contribution in [0.3, 0.4) is 0 Å². The molecule has 0 aliphatic heterocycles. The van der Waals surface area contributed by atoms with E-state index in [1.807, 2.05) is 0 Å². The van der Waals surface area contributed by atoms with Gasteiger partial charge in [0.15, 0.2) is 0 Å². The van der Waals surface area contributed by atoms with Gasteiger partial charge < -0.3 is 20.1 Å². The number of nitrogens with one attached hydrogen (secondary N) is 1. The largest absolute Gasteiger partial charge is 0.389 e. The van der Waals surface area contributed by atoms with E-state index in [-0.39, 0.29) is 6.10 Å². The van der Waals surface area contributed by atoms with Crippen LogP contribution in [-0.2, 0) is 4.74 Å². The molecule has 4 heteroatoms. The predicted octanol–water partition coefficient (Wildman–Crippen LogP) is 1.63. The van der Waals surface area contributed by atoms with E-state index in [4.69, 9.17) is 4.74 Å². The zero-order chi connectivity index (χ0) is 14.1. The highest BCUT2D eigenvalue weighted by Crippen LogP contribution is 2.20. The summed E-state index contributed by atoms with van der Waals surface area (Å²) in [6.45, 7) is 7.58. The highest BCUT2D eigenvalue weighted by molar-refractivity contribution is 4.68. The van der Waals surface area contributed by atoms with Crippen LogP contribution in [-0.4, -0.2) is 61.5 Å². The summed E-state index contributed by atoms with van der Waals surface area (Å²) in [5.41, 5.74) is 0. The second-order valence-electron chi connectivity index (χ2n) is 6.03. The fourth-order valence-corrected chi connectivity index (χ4v) is 2.34. The first kappa shape index (κ1) is 16.9. The number of hydrogen-bond acceptors (Lipinski definition) is 4. The van der Waals surface area contributed by atoms with Crippen molar-refractivity contribution in [1.29, 1.82) is 0 Å². The van der Waals surface area contributed by atoms with Crippen molar-refractivity contribution in [2.45, 2.75) is 64.2 Å². The molecule has 1 rings (SSSR count). The van der Waals surface area contributed by atoms with Crippen LogP contribution >= 0.6 is 0 Å². The summed E-state index contributed by atoms with van der Waals surface area (Å²) >= 11 is 0. The molecule has 2 N–H and O–H groups in total. The topological polar surface area (TPSA) is 44.7 Å². The molecule has 0 saturated heterocycles. The minimum absolute atomic E-state index is 0.372. The zero-order valence-corrected chi connectivity index (χ0v) is 12.9. The molecule has 0 radical (unpaired) electrons. The molecule has 114 valence electrons. The van der Waals surface area contributed by atoms with E-state index in [0.29, 0.717) is 25.3 Å². The second kappa shape index (κ2) is 9.70. The molecule has 1 saturated carbocycles. The van der Waals surface area contributed by atoms with E-state index < -0.39 is 0 Å². The molecule has 1 atom stereocenters. The summed E-state index contributed by atoms with van der Waals surface area (Å²) in [6, 6.07) is 0.602. The molecule has 0 amide bonds. The fourth-order valence-electron chi connectivity index (χ4n) is 2.34. The first-order chi connectivity index (χ1) is 9.09. The van der Waals surface area contributed by atoms with E-state index in [0.717, 1.165) is 19.5 Å². The van der Waals surface area contributed by atoms with Crippen molar-refractivity contribution >= 4 is 0 Å². The summed E-state index contributed by atoms with van der Waals surface area (Å²) < 4.78 is 5.69. The Morgan fingerprint density at radius 2 is 2.00 bits per heavy atom. The molecule has 1 aliphatic rings. The molecule has 1 unspecified atom stereocenters. The van der Waals surface area contributed by atoms with Crippen molar-refractivity contribution in [2.24, 2.45) is 0 Å². The maximum Gasteiger partial charge on any atom is 0.0897 e. The van der Waals surface area contributed by atoms with Gasteiger partial charge in [-0.3, -0.25) is 0 Å². The van der Waals surface area contributed by atoms with Gasteiger partial charge in [-0.15, -0.1) is 0 Å². The number of aliphatic hydroxyl groups is 1. The monoisotopic (exact) mass is 272 g/mol. The quantitative estimate of drug-likeness (QED) is 0.593. The van der Waals surface area contributed by atoms with Crippen LogP contribution in [0.2, 0.25) is 0 Å². The van der Waals surface area contributed by atoms with Crippen molar-refractivity contribution in [3.05, 3.63) is 0 Å². The lowest BCUT2D eigenvalue weighted by atomic mass is 10.3. The Morgan fingerprint density at radius 3 is 2.63 bits per heavy atom. The van der Waals surface area contributed by atoms with Crippen LogP contribution in [0, 0.1) is 0 Å². The number of aliphatic hydroxyl groups excluding tert-OH is 1. The Balaban J connectivity index is 1.90. The average Bonchev–Trinajstić information content (AvgIpc) is 2.88. The number of rotatable bonds is 10. The van der Waals surface area contributed by atoms with Gasteiger partial charge in [-0.25, -0.2) is 0 Å². The molecule has 0 aromatic rings. The third-order valence-electron chi connectivity index (χ3n) is 3.95. The summed E-state index contributed by atoms with van der Waals surface area (Å²) in [4.78, 5) is 2.33. The van der Waals surface area contributed by atoms with Gasteiger partial charge in [0.05, 0.1) is 18.8 Å². The smallest absolute Gasteiger partial charge is 0.0897 e. The molecular formula is C15H32N2O2. The van der Waals surface area contributed by atoms with Crippen LogP contribution < -0.4 is 5.32 Å². The Bertz CT molecular complexity index is 218. The van der Waals surface area contributed by atoms with Crippen molar-refractivity contribution in [3.8, 4) is 0 Å². The molecule has 0 aromatic carbocycles. The molecule has 0 spiro atoms. The van der Waals surface area contributed by atoms with Crippen molar-refractivity contribution in [2.75, 3.05) is 33.3 Å². The van der Waals surface area contributed by atoms with Gasteiger partial charge in [0.25, 0.3) is 0 Å². The summed E-state index contributed by atoms with van der Waals surface area (Å²) in [6.07, 6.45) is 6.04.